The van der Waals surface area contributed by atoms with Gasteiger partial charge in [-0.3, -0.25) is 9.78 Å². The Balaban J connectivity index is 2.93. The molecule has 0 aliphatic rings. The second kappa shape index (κ2) is 5.07. The molecule has 4 nitrogen and oxygen atoms in total. The van der Waals surface area contributed by atoms with Crippen LogP contribution in [0.5, 0.6) is 0 Å². The summed E-state index contributed by atoms with van der Waals surface area (Å²) in [6.45, 7) is 2.44. The molecule has 0 fully saturated rings. The average Bonchev–Trinajstić information content (AvgIpc) is 2.26. The van der Waals surface area contributed by atoms with Crippen LogP contribution in [0.4, 0.5) is 0 Å². The molecule has 0 spiro atoms. The third-order valence-corrected chi connectivity index (χ3v) is 2.76. The summed E-state index contributed by atoms with van der Waals surface area (Å²) in [7, 11) is 3.86. The minimum absolute atomic E-state index is 0.548. The summed E-state index contributed by atoms with van der Waals surface area (Å²) in [5.74, 6) is -0.826. The largest absolute Gasteiger partial charge is 0.481 e. The molecule has 0 radical (unpaired) electrons. The zero-order valence-corrected chi connectivity index (χ0v) is 9.97. The van der Waals surface area contributed by atoms with Crippen LogP contribution >= 0.6 is 0 Å². The van der Waals surface area contributed by atoms with Crippen molar-refractivity contribution in [3.63, 3.8) is 0 Å². The number of carbonyl (C=O) groups is 1. The van der Waals surface area contributed by atoms with Crippen LogP contribution in [-0.4, -0.2) is 41.6 Å². The highest BCUT2D eigenvalue weighted by atomic mass is 16.4. The minimum Gasteiger partial charge on any atom is -0.481 e. The van der Waals surface area contributed by atoms with Gasteiger partial charge in [-0.2, -0.15) is 0 Å². The van der Waals surface area contributed by atoms with Crippen molar-refractivity contribution in [2.24, 2.45) is 0 Å². The maximum absolute atomic E-state index is 11.4. The smallest absolute Gasteiger partial charge is 0.315 e. The molecule has 0 aliphatic carbocycles. The molecule has 0 amide bonds. The van der Waals surface area contributed by atoms with Crippen LogP contribution in [0, 0.1) is 0 Å². The van der Waals surface area contributed by atoms with Crippen LogP contribution in [0.2, 0.25) is 0 Å². The zero-order chi connectivity index (χ0) is 12.2. The van der Waals surface area contributed by atoms with Crippen LogP contribution in [0.15, 0.2) is 24.4 Å². The van der Waals surface area contributed by atoms with Crippen LogP contribution in [0.25, 0.3) is 0 Å². The van der Waals surface area contributed by atoms with Gasteiger partial charge in [0.25, 0.3) is 0 Å². The number of pyridine rings is 1. The molecule has 1 aromatic heterocycles. The second-order valence-electron chi connectivity index (χ2n) is 4.41. The van der Waals surface area contributed by atoms with Crippen molar-refractivity contribution in [2.75, 3.05) is 20.6 Å². The van der Waals surface area contributed by atoms with Crippen LogP contribution in [0.3, 0.4) is 0 Å². The maximum Gasteiger partial charge on any atom is 0.315 e. The predicted octanol–water partition coefficient (Wildman–Crippen LogP) is 1.38. The van der Waals surface area contributed by atoms with Crippen molar-refractivity contribution >= 4 is 5.97 Å². The molecule has 0 aromatic carbocycles. The third-order valence-electron chi connectivity index (χ3n) is 2.76. The monoisotopic (exact) mass is 222 g/mol. The van der Waals surface area contributed by atoms with E-state index in [4.69, 9.17) is 0 Å². The quantitative estimate of drug-likeness (QED) is 0.817. The van der Waals surface area contributed by atoms with Gasteiger partial charge in [-0.25, -0.2) is 0 Å². The fraction of sp³-hybridized carbons (Fsp3) is 0.500. The van der Waals surface area contributed by atoms with E-state index >= 15 is 0 Å². The van der Waals surface area contributed by atoms with Crippen molar-refractivity contribution in [3.05, 3.63) is 30.1 Å². The number of hydrogen-bond acceptors (Lipinski definition) is 3. The lowest BCUT2D eigenvalue weighted by Crippen LogP contribution is -2.36. The lowest BCUT2D eigenvalue weighted by Gasteiger charge is -2.25. The number of aromatic nitrogens is 1. The van der Waals surface area contributed by atoms with Gasteiger partial charge in [0.05, 0.1) is 5.69 Å². The molecule has 1 heterocycles. The van der Waals surface area contributed by atoms with E-state index in [-0.39, 0.29) is 0 Å². The van der Waals surface area contributed by atoms with Crippen LogP contribution in [-0.2, 0) is 10.2 Å². The van der Waals surface area contributed by atoms with Crippen molar-refractivity contribution < 1.29 is 9.90 Å². The molecule has 88 valence electrons. The van der Waals surface area contributed by atoms with Crippen LogP contribution in [0.1, 0.15) is 19.0 Å². The molecular weight excluding hydrogens is 204 g/mol. The number of aliphatic carboxylic acids is 1. The van der Waals surface area contributed by atoms with E-state index in [2.05, 4.69) is 4.98 Å². The topological polar surface area (TPSA) is 53.4 Å². The Morgan fingerprint density at radius 2 is 2.19 bits per heavy atom. The Bertz CT molecular complexity index is 351. The first kappa shape index (κ1) is 12.6. The van der Waals surface area contributed by atoms with Gasteiger partial charge in [-0.1, -0.05) is 6.07 Å². The lowest BCUT2D eigenvalue weighted by molar-refractivity contribution is -0.143. The Morgan fingerprint density at radius 1 is 1.50 bits per heavy atom. The summed E-state index contributed by atoms with van der Waals surface area (Å²) in [4.78, 5) is 17.5. The van der Waals surface area contributed by atoms with E-state index in [1.54, 1.807) is 25.3 Å². The van der Waals surface area contributed by atoms with E-state index in [0.29, 0.717) is 12.1 Å². The summed E-state index contributed by atoms with van der Waals surface area (Å²) >= 11 is 0. The average molecular weight is 222 g/mol. The molecule has 4 heteroatoms. The molecule has 0 aliphatic heterocycles. The lowest BCUT2D eigenvalue weighted by atomic mass is 9.83. The van der Waals surface area contributed by atoms with Gasteiger partial charge >= 0.3 is 5.97 Å². The van der Waals surface area contributed by atoms with Crippen LogP contribution < -0.4 is 0 Å². The van der Waals surface area contributed by atoms with Gasteiger partial charge < -0.3 is 10.0 Å². The molecule has 0 saturated heterocycles. The Morgan fingerprint density at radius 3 is 2.62 bits per heavy atom. The fourth-order valence-electron chi connectivity index (χ4n) is 1.48. The van der Waals surface area contributed by atoms with Gasteiger partial charge in [0.15, 0.2) is 0 Å². The summed E-state index contributed by atoms with van der Waals surface area (Å²) in [6, 6.07) is 5.38. The first-order chi connectivity index (χ1) is 7.47. The van der Waals surface area contributed by atoms with E-state index in [1.165, 1.54) is 0 Å². The normalized spacial score (nSPS) is 14.8. The fourth-order valence-corrected chi connectivity index (χ4v) is 1.48. The molecular formula is C12H18N2O2. The van der Waals surface area contributed by atoms with Crippen molar-refractivity contribution in [1.82, 2.24) is 9.88 Å². The standard InChI is InChI=1S/C12H18N2O2/c1-12(11(15)16,7-9-14(2)3)10-6-4-5-8-13-10/h4-6,8H,7,9H2,1-3H3,(H,15,16). The zero-order valence-electron chi connectivity index (χ0n) is 9.97. The summed E-state index contributed by atoms with van der Waals surface area (Å²) < 4.78 is 0. The molecule has 0 saturated carbocycles. The molecule has 1 aromatic rings. The number of nitrogens with zero attached hydrogens (tertiary/aromatic N) is 2. The SMILES string of the molecule is CN(C)CCC(C)(C(=O)O)c1ccccn1. The molecule has 1 N–H and O–H groups in total. The van der Waals surface area contributed by atoms with E-state index < -0.39 is 11.4 Å². The molecule has 1 unspecified atom stereocenters. The Hall–Kier alpha value is -1.42. The maximum atomic E-state index is 11.4. The molecule has 1 atom stereocenters. The van der Waals surface area contributed by atoms with Crippen molar-refractivity contribution in [3.8, 4) is 0 Å². The third kappa shape index (κ3) is 2.79. The number of carboxylic acid groups (broad SMARTS) is 1. The summed E-state index contributed by atoms with van der Waals surface area (Å²) in [5, 5.41) is 9.34. The second-order valence-corrected chi connectivity index (χ2v) is 4.41. The van der Waals surface area contributed by atoms with Crippen molar-refractivity contribution in [2.45, 2.75) is 18.8 Å². The molecule has 16 heavy (non-hydrogen) atoms. The van der Waals surface area contributed by atoms with Gasteiger partial charge in [0.2, 0.25) is 0 Å². The minimum atomic E-state index is -0.911. The number of carboxylic acids is 1. The number of rotatable bonds is 5. The molecule has 0 bridgehead atoms. The predicted molar refractivity (Wildman–Crippen MR) is 62.4 cm³/mol. The first-order valence-corrected chi connectivity index (χ1v) is 5.26. The highest BCUT2D eigenvalue weighted by Crippen LogP contribution is 2.26. The van der Waals surface area contributed by atoms with Crippen molar-refractivity contribution in [1.29, 1.82) is 0 Å². The summed E-state index contributed by atoms with van der Waals surface area (Å²) in [6.07, 6.45) is 2.18. The van der Waals surface area contributed by atoms with Gasteiger partial charge in [0, 0.05) is 6.20 Å². The van der Waals surface area contributed by atoms with E-state index in [1.807, 2.05) is 25.1 Å². The van der Waals surface area contributed by atoms with E-state index in [0.717, 1.165) is 6.54 Å². The van der Waals surface area contributed by atoms with Gasteiger partial charge in [0.1, 0.15) is 5.41 Å². The highest BCUT2D eigenvalue weighted by molar-refractivity contribution is 5.80. The highest BCUT2D eigenvalue weighted by Gasteiger charge is 2.36. The Labute approximate surface area is 95.9 Å². The number of hydrogen-bond donors (Lipinski definition) is 1. The Kier molecular flexibility index (Phi) is 4.01. The summed E-state index contributed by atoms with van der Waals surface area (Å²) in [5.41, 5.74) is -0.296. The van der Waals surface area contributed by atoms with Gasteiger partial charge in [-0.15, -0.1) is 0 Å². The molecule has 1 rings (SSSR count). The van der Waals surface area contributed by atoms with Gasteiger partial charge in [-0.05, 0) is 46.1 Å². The first-order valence-electron chi connectivity index (χ1n) is 5.26. The van der Waals surface area contributed by atoms with E-state index in [9.17, 15) is 9.90 Å².